The summed E-state index contributed by atoms with van der Waals surface area (Å²) in [6, 6.07) is 7.42. The van der Waals surface area contributed by atoms with Crippen LogP contribution in [-0.4, -0.2) is 38.9 Å². The summed E-state index contributed by atoms with van der Waals surface area (Å²) >= 11 is 0. The Labute approximate surface area is 125 Å². The van der Waals surface area contributed by atoms with Gasteiger partial charge in [0.05, 0.1) is 19.8 Å². The molecule has 0 spiro atoms. The maximum absolute atomic E-state index is 11.7. The highest BCUT2D eigenvalue weighted by Gasteiger charge is 2.15. The first-order valence-corrected chi connectivity index (χ1v) is 7.43. The smallest absolute Gasteiger partial charge is 0.220 e. The van der Waals surface area contributed by atoms with Crippen molar-refractivity contribution < 1.29 is 19.0 Å². The Morgan fingerprint density at radius 1 is 1.33 bits per heavy atom. The van der Waals surface area contributed by atoms with Crippen LogP contribution in [0.15, 0.2) is 24.3 Å². The van der Waals surface area contributed by atoms with Crippen LogP contribution < -0.4 is 14.8 Å². The molecule has 5 heteroatoms. The van der Waals surface area contributed by atoms with Gasteiger partial charge in [0, 0.05) is 19.6 Å². The van der Waals surface area contributed by atoms with E-state index in [9.17, 15) is 4.79 Å². The van der Waals surface area contributed by atoms with Gasteiger partial charge >= 0.3 is 0 Å². The molecule has 1 N–H and O–H groups in total. The number of carbonyl (C=O) groups is 1. The van der Waals surface area contributed by atoms with E-state index in [1.165, 1.54) is 0 Å². The summed E-state index contributed by atoms with van der Waals surface area (Å²) in [4.78, 5) is 11.7. The van der Waals surface area contributed by atoms with Gasteiger partial charge in [0.25, 0.3) is 0 Å². The molecule has 0 radical (unpaired) electrons. The highest BCUT2D eigenvalue weighted by Crippen LogP contribution is 2.17. The molecule has 1 aromatic rings. The minimum absolute atomic E-state index is 0.0591. The van der Waals surface area contributed by atoms with Gasteiger partial charge in [-0.3, -0.25) is 4.79 Å². The number of hydrogen-bond donors (Lipinski definition) is 1. The Balaban J connectivity index is 1.54. The van der Waals surface area contributed by atoms with Crippen LogP contribution in [0.3, 0.4) is 0 Å². The van der Waals surface area contributed by atoms with Gasteiger partial charge in [-0.2, -0.15) is 0 Å². The van der Waals surface area contributed by atoms with E-state index in [-0.39, 0.29) is 12.0 Å². The Kier molecular flexibility index (Phi) is 6.34. The van der Waals surface area contributed by atoms with Crippen LogP contribution in [0.25, 0.3) is 0 Å². The van der Waals surface area contributed by atoms with E-state index in [1.54, 1.807) is 7.11 Å². The second kappa shape index (κ2) is 8.52. The van der Waals surface area contributed by atoms with E-state index in [0.717, 1.165) is 30.9 Å². The largest absolute Gasteiger partial charge is 0.497 e. The van der Waals surface area contributed by atoms with Crippen LogP contribution in [-0.2, 0) is 9.53 Å². The van der Waals surface area contributed by atoms with Gasteiger partial charge in [0.15, 0.2) is 0 Å². The summed E-state index contributed by atoms with van der Waals surface area (Å²) in [6.07, 6.45) is 3.51. The SMILES string of the molecule is COc1ccc(OCCCC(=O)NCC2CCCO2)cc1. The summed E-state index contributed by atoms with van der Waals surface area (Å²) in [5.74, 6) is 1.65. The molecule has 0 aromatic heterocycles. The molecule has 1 atom stereocenters. The number of rotatable bonds is 8. The average Bonchev–Trinajstić information content (AvgIpc) is 3.03. The fraction of sp³-hybridized carbons (Fsp3) is 0.562. The zero-order valence-corrected chi connectivity index (χ0v) is 12.5. The van der Waals surface area contributed by atoms with Gasteiger partial charge in [-0.25, -0.2) is 0 Å². The van der Waals surface area contributed by atoms with Crippen molar-refractivity contribution in [3.63, 3.8) is 0 Å². The maximum Gasteiger partial charge on any atom is 0.220 e. The zero-order valence-electron chi connectivity index (χ0n) is 12.5. The first kappa shape index (κ1) is 15.6. The third-order valence-electron chi connectivity index (χ3n) is 3.43. The van der Waals surface area contributed by atoms with E-state index in [4.69, 9.17) is 14.2 Å². The average molecular weight is 293 g/mol. The molecule has 1 aliphatic rings. The molecule has 21 heavy (non-hydrogen) atoms. The molecule has 116 valence electrons. The Morgan fingerprint density at radius 2 is 2.10 bits per heavy atom. The number of benzene rings is 1. The molecule has 1 aromatic carbocycles. The van der Waals surface area contributed by atoms with Gasteiger partial charge in [-0.1, -0.05) is 0 Å². The van der Waals surface area contributed by atoms with E-state index in [2.05, 4.69) is 5.32 Å². The van der Waals surface area contributed by atoms with Crippen molar-refractivity contribution in [3.05, 3.63) is 24.3 Å². The Morgan fingerprint density at radius 3 is 2.76 bits per heavy atom. The van der Waals surface area contributed by atoms with E-state index in [0.29, 0.717) is 26.0 Å². The first-order chi connectivity index (χ1) is 10.3. The molecule has 2 rings (SSSR count). The lowest BCUT2D eigenvalue weighted by molar-refractivity contribution is -0.121. The molecule has 1 amide bonds. The maximum atomic E-state index is 11.7. The summed E-state index contributed by atoms with van der Waals surface area (Å²) in [6.45, 7) is 1.97. The predicted molar refractivity (Wildman–Crippen MR) is 79.7 cm³/mol. The second-order valence-electron chi connectivity index (χ2n) is 5.07. The number of amides is 1. The van der Waals surface area contributed by atoms with Crippen LogP contribution in [0.4, 0.5) is 0 Å². The highest BCUT2D eigenvalue weighted by molar-refractivity contribution is 5.75. The number of hydrogen-bond acceptors (Lipinski definition) is 4. The first-order valence-electron chi connectivity index (χ1n) is 7.43. The number of carbonyl (C=O) groups excluding carboxylic acids is 1. The quantitative estimate of drug-likeness (QED) is 0.746. The van der Waals surface area contributed by atoms with Gasteiger partial charge in [-0.05, 0) is 43.5 Å². The highest BCUT2D eigenvalue weighted by atomic mass is 16.5. The third kappa shape index (κ3) is 5.63. The lowest BCUT2D eigenvalue weighted by atomic mass is 10.2. The van der Waals surface area contributed by atoms with Gasteiger partial charge in [-0.15, -0.1) is 0 Å². The molecule has 1 heterocycles. The van der Waals surface area contributed by atoms with Crippen molar-refractivity contribution >= 4 is 5.91 Å². The Hall–Kier alpha value is -1.75. The van der Waals surface area contributed by atoms with Gasteiger partial charge in [0.2, 0.25) is 5.91 Å². The standard InChI is InChI=1S/C16H23NO4/c1-19-13-6-8-14(9-7-13)20-11-3-5-16(18)17-12-15-4-2-10-21-15/h6-9,15H,2-5,10-12H2,1H3,(H,17,18). The van der Waals surface area contributed by atoms with Crippen molar-refractivity contribution in [1.82, 2.24) is 5.32 Å². The molecular weight excluding hydrogens is 270 g/mol. The van der Waals surface area contributed by atoms with Crippen molar-refractivity contribution in [3.8, 4) is 11.5 Å². The Bertz CT molecular complexity index is 426. The molecule has 1 saturated heterocycles. The van der Waals surface area contributed by atoms with Crippen LogP contribution >= 0.6 is 0 Å². The second-order valence-corrected chi connectivity index (χ2v) is 5.07. The molecule has 0 saturated carbocycles. The molecule has 0 aliphatic carbocycles. The van der Waals surface area contributed by atoms with Crippen LogP contribution in [0.1, 0.15) is 25.7 Å². The number of ether oxygens (including phenoxy) is 3. The normalized spacial score (nSPS) is 17.5. The number of methoxy groups -OCH3 is 1. The van der Waals surface area contributed by atoms with Crippen LogP contribution in [0, 0.1) is 0 Å². The summed E-state index contributed by atoms with van der Waals surface area (Å²) < 4.78 is 16.1. The molecule has 5 nitrogen and oxygen atoms in total. The van der Waals surface area contributed by atoms with E-state index in [1.807, 2.05) is 24.3 Å². The fourth-order valence-corrected chi connectivity index (χ4v) is 2.22. The molecule has 1 fully saturated rings. The number of nitrogens with one attached hydrogen (secondary N) is 1. The zero-order chi connectivity index (χ0) is 14.9. The molecule has 0 bridgehead atoms. The van der Waals surface area contributed by atoms with Crippen molar-refractivity contribution in [1.29, 1.82) is 0 Å². The van der Waals surface area contributed by atoms with Gasteiger partial charge in [0.1, 0.15) is 11.5 Å². The van der Waals surface area contributed by atoms with Crippen LogP contribution in [0.2, 0.25) is 0 Å². The summed E-state index contributed by atoms with van der Waals surface area (Å²) in [5.41, 5.74) is 0. The van der Waals surface area contributed by atoms with E-state index >= 15 is 0 Å². The molecule has 1 aliphatic heterocycles. The van der Waals surface area contributed by atoms with Gasteiger partial charge < -0.3 is 19.5 Å². The monoisotopic (exact) mass is 293 g/mol. The van der Waals surface area contributed by atoms with E-state index < -0.39 is 0 Å². The van der Waals surface area contributed by atoms with Crippen molar-refractivity contribution in [2.75, 3.05) is 26.9 Å². The summed E-state index contributed by atoms with van der Waals surface area (Å²) in [5, 5.41) is 2.90. The lowest BCUT2D eigenvalue weighted by Gasteiger charge is -2.11. The topological polar surface area (TPSA) is 56.8 Å². The minimum atomic E-state index is 0.0591. The predicted octanol–water partition coefficient (Wildman–Crippen LogP) is 2.15. The molecular formula is C16H23NO4. The summed E-state index contributed by atoms with van der Waals surface area (Å²) in [7, 11) is 1.63. The third-order valence-corrected chi connectivity index (χ3v) is 3.43. The minimum Gasteiger partial charge on any atom is -0.497 e. The molecule has 1 unspecified atom stereocenters. The fourth-order valence-electron chi connectivity index (χ4n) is 2.22. The van der Waals surface area contributed by atoms with Crippen molar-refractivity contribution in [2.45, 2.75) is 31.8 Å². The van der Waals surface area contributed by atoms with Crippen LogP contribution in [0.5, 0.6) is 11.5 Å². The van der Waals surface area contributed by atoms with Crippen molar-refractivity contribution in [2.24, 2.45) is 0 Å². The lowest BCUT2D eigenvalue weighted by Crippen LogP contribution is -2.31.